The highest BCUT2D eigenvalue weighted by Gasteiger charge is 2.18. The lowest BCUT2D eigenvalue weighted by Crippen LogP contribution is -2.24. The van der Waals surface area contributed by atoms with Crippen LogP contribution in [0, 0.1) is 6.92 Å². The van der Waals surface area contributed by atoms with Gasteiger partial charge in [0, 0.05) is 22.8 Å². The molecule has 0 spiro atoms. The van der Waals surface area contributed by atoms with E-state index >= 15 is 0 Å². The van der Waals surface area contributed by atoms with Crippen LogP contribution in [0.5, 0.6) is 0 Å². The number of aromatic nitrogens is 1. The molecule has 166 valence electrons. The van der Waals surface area contributed by atoms with Crippen LogP contribution >= 0.6 is 0 Å². The highest BCUT2D eigenvalue weighted by Crippen LogP contribution is 2.19. The number of nitrogens with zero attached hydrogens (tertiary/aromatic N) is 1. The molecule has 4 aromatic rings. The van der Waals surface area contributed by atoms with Crippen molar-refractivity contribution in [1.82, 2.24) is 4.57 Å². The second-order valence-corrected chi connectivity index (χ2v) is 8.54. The average molecular weight is 439 g/mol. The highest BCUT2D eigenvalue weighted by atomic mass is 16.2. The van der Waals surface area contributed by atoms with E-state index < -0.39 is 0 Å². The Morgan fingerprint density at radius 3 is 2.30 bits per heavy atom. The lowest BCUT2D eigenvalue weighted by molar-refractivity contribution is -0.116. The summed E-state index contributed by atoms with van der Waals surface area (Å²) in [6.45, 7) is 6.10. The van der Waals surface area contributed by atoms with Gasteiger partial charge in [0.2, 0.25) is 11.3 Å². The Balaban J connectivity index is 1.70. The van der Waals surface area contributed by atoms with Crippen molar-refractivity contribution in [2.45, 2.75) is 33.2 Å². The molecule has 33 heavy (non-hydrogen) atoms. The predicted octanol–water partition coefficient (Wildman–Crippen LogP) is 5.30. The van der Waals surface area contributed by atoms with E-state index in [1.165, 1.54) is 11.8 Å². The van der Waals surface area contributed by atoms with Gasteiger partial charge in [-0.3, -0.25) is 14.4 Å². The summed E-state index contributed by atoms with van der Waals surface area (Å²) in [7, 11) is 0. The van der Waals surface area contributed by atoms with Gasteiger partial charge in [-0.1, -0.05) is 67.9 Å². The normalized spacial score (nSPS) is 11.0. The van der Waals surface area contributed by atoms with E-state index in [4.69, 9.17) is 0 Å². The lowest BCUT2D eigenvalue weighted by Gasteiger charge is -2.14. The summed E-state index contributed by atoms with van der Waals surface area (Å²) in [4.78, 5) is 39.1. The molecule has 0 aliphatic heterocycles. The summed E-state index contributed by atoms with van der Waals surface area (Å²) in [5.74, 6) is -0.190. The molecule has 0 unspecified atom stereocenters. The summed E-state index contributed by atoms with van der Waals surface area (Å²) in [6, 6.07) is 21.9. The monoisotopic (exact) mass is 438 g/mol. The summed E-state index contributed by atoms with van der Waals surface area (Å²) in [5, 5.41) is 3.33. The van der Waals surface area contributed by atoms with Crippen molar-refractivity contribution in [3.05, 3.63) is 111 Å². The van der Waals surface area contributed by atoms with E-state index in [0.29, 0.717) is 28.1 Å². The number of anilines is 1. The quantitative estimate of drug-likeness (QED) is 0.415. The van der Waals surface area contributed by atoms with Crippen LogP contribution < -0.4 is 10.7 Å². The highest BCUT2D eigenvalue weighted by molar-refractivity contribution is 6.10. The zero-order valence-electron chi connectivity index (χ0n) is 19.0. The Morgan fingerprint density at radius 2 is 1.64 bits per heavy atom. The average Bonchev–Trinajstić information content (AvgIpc) is 2.81. The summed E-state index contributed by atoms with van der Waals surface area (Å²) >= 11 is 0. The molecule has 1 aromatic heterocycles. The van der Waals surface area contributed by atoms with Gasteiger partial charge in [-0.05, 0) is 42.7 Å². The van der Waals surface area contributed by atoms with Gasteiger partial charge in [-0.25, -0.2) is 0 Å². The van der Waals surface area contributed by atoms with Gasteiger partial charge in [-0.2, -0.15) is 0 Å². The van der Waals surface area contributed by atoms with E-state index in [0.717, 1.165) is 5.56 Å². The van der Waals surface area contributed by atoms with E-state index in [9.17, 15) is 14.4 Å². The van der Waals surface area contributed by atoms with Crippen molar-refractivity contribution < 1.29 is 9.59 Å². The topological polar surface area (TPSA) is 68.2 Å². The van der Waals surface area contributed by atoms with Crippen molar-refractivity contribution in [2.24, 2.45) is 0 Å². The molecule has 1 N–H and O–H groups in total. The molecule has 0 atom stereocenters. The number of hydrogen-bond acceptors (Lipinski definition) is 3. The fraction of sp³-hybridized carbons (Fsp3) is 0.179. The van der Waals surface area contributed by atoms with Crippen LogP contribution in [-0.2, 0) is 11.3 Å². The fourth-order valence-electron chi connectivity index (χ4n) is 3.86. The minimum absolute atomic E-state index is 0.0269. The minimum Gasteiger partial charge on any atom is -0.337 e. The first-order valence-electron chi connectivity index (χ1n) is 11.0. The summed E-state index contributed by atoms with van der Waals surface area (Å²) < 4.78 is 1.67. The first kappa shape index (κ1) is 22.2. The number of rotatable bonds is 6. The third kappa shape index (κ3) is 4.77. The van der Waals surface area contributed by atoms with Crippen molar-refractivity contribution in [3.8, 4) is 0 Å². The Morgan fingerprint density at radius 1 is 0.939 bits per heavy atom. The van der Waals surface area contributed by atoms with Gasteiger partial charge in [-0.15, -0.1) is 0 Å². The van der Waals surface area contributed by atoms with Crippen LogP contribution in [0.2, 0.25) is 0 Å². The van der Waals surface area contributed by atoms with Crippen LogP contribution in [0.25, 0.3) is 10.9 Å². The second-order valence-electron chi connectivity index (χ2n) is 8.54. The van der Waals surface area contributed by atoms with Gasteiger partial charge < -0.3 is 9.88 Å². The maximum absolute atomic E-state index is 13.2. The molecule has 5 heteroatoms. The number of pyridine rings is 1. The van der Waals surface area contributed by atoms with Crippen molar-refractivity contribution in [2.75, 3.05) is 5.32 Å². The maximum Gasteiger partial charge on any atom is 0.244 e. The molecular weight excluding hydrogens is 412 g/mol. The maximum atomic E-state index is 13.2. The van der Waals surface area contributed by atoms with Crippen LogP contribution in [0.1, 0.15) is 46.8 Å². The number of aryl methyl sites for hydroxylation is 1. The molecule has 1 amide bonds. The molecule has 0 saturated heterocycles. The zero-order valence-corrected chi connectivity index (χ0v) is 19.0. The van der Waals surface area contributed by atoms with Gasteiger partial charge in [0.05, 0.1) is 11.1 Å². The third-order valence-electron chi connectivity index (χ3n) is 5.69. The zero-order chi connectivity index (χ0) is 23.5. The number of carbonyl (C=O) groups is 2. The minimum atomic E-state index is -0.359. The number of fused-ring (bicyclic) bond motifs is 1. The Labute approximate surface area is 192 Å². The Bertz CT molecular complexity index is 1380. The largest absolute Gasteiger partial charge is 0.337 e. The second kappa shape index (κ2) is 9.25. The first-order chi connectivity index (χ1) is 15.8. The SMILES string of the molecule is Cc1ccc2c(c1)c(=O)c(C(=O)c1ccccc1)cn2CC(=O)Nc1ccc(C(C)C)cc1. The number of hydrogen-bond donors (Lipinski definition) is 1. The van der Waals surface area contributed by atoms with Crippen molar-refractivity contribution in [1.29, 1.82) is 0 Å². The summed E-state index contributed by atoms with van der Waals surface area (Å²) in [5.41, 5.74) is 3.57. The molecule has 0 aliphatic carbocycles. The standard InChI is InChI=1S/C28H26N2O3/c1-18(2)20-10-12-22(13-11-20)29-26(31)17-30-16-24(27(32)21-7-5-4-6-8-21)28(33)23-15-19(3)9-14-25(23)30/h4-16,18H,17H2,1-3H3,(H,29,31). The van der Waals surface area contributed by atoms with Crippen LogP contribution in [0.15, 0.2) is 83.8 Å². The van der Waals surface area contributed by atoms with Gasteiger partial charge in [0.15, 0.2) is 5.78 Å². The number of ketones is 1. The molecule has 0 radical (unpaired) electrons. The van der Waals surface area contributed by atoms with E-state index in [-0.39, 0.29) is 29.2 Å². The van der Waals surface area contributed by atoms with E-state index in [2.05, 4.69) is 19.2 Å². The number of carbonyl (C=O) groups excluding carboxylic acids is 2. The molecule has 0 aliphatic rings. The fourth-order valence-corrected chi connectivity index (χ4v) is 3.86. The molecule has 0 saturated carbocycles. The molecule has 5 nitrogen and oxygen atoms in total. The van der Waals surface area contributed by atoms with Gasteiger partial charge >= 0.3 is 0 Å². The summed E-state index contributed by atoms with van der Waals surface area (Å²) in [6.07, 6.45) is 1.50. The van der Waals surface area contributed by atoms with Crippen molar-refractivity contribution in [3.63, 3.8) is 0 Å². The number of amides is 1. The molecule has 0 fully saturated rings. The van der Waals surface area contributed by atoms with Gasteiger partial charge in [0.1, 0.15) is 6.54 Å². The van der Waals surface area contributed by atoms with Crippen LogP contribution in [-0.4, -0.2) is 16.3 Å². The Hall–Kier alpha value is -3.99. The Kier molecular flexibility index (Phi) is 6.22. The van der Waals surface area contributed by atoms with Crippen LogP contribution in [0.4, 0.5) is 5.69 Å². The predicted molar refractivity (Wildman–Crippen MR) is 132 cm³/mol. The molecular formula is C28H26N2O3. The first-order valence-corrected chi connectivity index (χ1v) is 11.0. The number of nitrogens with one attached hydrogen (secondary N) is 1. The van der Waals surface area contributed by atoms with Crippen molar-refractivity contribution >= 4 is 28.3 Å². The molecule has 3 aromatic carbocycles. The molecule has 0 bridgehead atoms. The third-order valence-corrected chi connectivity index (χ3v) is 5.69. The number of benzene rings is 3. The van der Waals surface area contributed by atoms with E-state index in [1.54, 1.807) is 34.9 Å². The molecule has 4 rings (SSSR count). The molecule has 1 heterocycles. The van der Waals surface area contributed by atoms with Crippen LogP contribution in [0.3, 0.4) is 0 Å². The lowest BCUT2D eigenvalue weighted by atomic mass is 10.0. The van der Waals surface area contributed by atoms with E-state index in [1.807, 2.05) is 49.4 Å². The van der Waals surface area contributed by atoms with Gasteiger partial charge in [0.25, 0.3) is 0 Å². The smallest absolute Gasteiger partial charge is 0.244 e.